The first kappa shape index (κ1) is 15.5. The monoisotopic (exact) mass is 254 g/mol. The number of hydrogen-bond donors (Lipinski definition) is 2. The molecule has 0 bridgehead atoms. The molecule has 18 heavy (non-hydrogen) atoms. The van der Waals surface area contributed by atoms with Crippen molar-refractivity contribution in [2.45, 2.75) is 77.8 Å². The van der Waals surface area contributed by atoms with E-state index in [4.69, 9.17) is 5.73 Å². The van der Waals surface area contributed by atoms with E-state index in [0.29, 0.717) is 5.92 Å². The molecule has 3 atom stereocenters. The molecule has 1 aliphatic carbocycles. The molecular formula is C15H30N2O. The van der Waals surface area contributed by atoms with E-state index in [-0.39, 0.29) is 23.9 Å². The number of carbonyl (C=O) groups is 1. The highest BCUT2D eigenvalue weighted by Crippen LogP contribution is 2.25. The largest absolute Gasteiger partial charge is 0.352 e. The Morgan fingerprint density at radius 3 is 2.28 bits per heavy atom. The predicted octanol–water partition coefficient (Wildman–Crippen LogP) is 2.83. The van der Waals surface area contributed by atoms with Crippen LogP contribution in [0.3, 0.4) is 0 Å². The van der Waals surface area contributed by atoms with Gasteiger partial charge in [-0.2, -0.15) is 0 Å². The van der Waals surface area contributed by atoms with Gasteiger partial charge < -0.3 is 11.1 Å². The van der Waals surface area contributed by atoms with Gasteiger partial charge in [0.2, 0.25) is 5.91 Å². The van der Waals surface area contributed by atoms with Gasteiger partial charge in [0.15, 0.2) is 0 Å². The fourth-order valence-electron chi connectivity index (χ4n) is 2.76. The highest BCUT2D eigenvalue weighted by Gasteiger charge is 2.24. The zero-order valence-electron chi connectivity index (χ0n) is 12.2. The Morgan fingerprint density at radius 2 is 1.78 bits per heavy atom. The van der Waals surface area contributed by atoms with Crippen molar-refractivity contribution in [2.24, 2.45) is 17.6 Å². The molecule has 3 N–H and O–H groups in total. The molecule has 0 aromatic carbocycles. The smallest absolute Gasteiger partial charge is 0.237 e. The number of nitrogens with two attached hydrogens (primary N) is 1. The Kier molecular flexibility index (Phi) is 6.69. The summed E-state index contributed by atoms with van der Waals surface area (Å²) in [6.45, 7) is 6.25. The van der Waals surface area contributed by atoms with Gasteiger partial charge in [0.1, 0.15) is 0 Å². The Hall–Kier alpha value is -0.570. The molecule has 0 unspecified atom stereocenters. The standard InChI is InChI=1S/C15H30N2O/c1-4-11(2)14(16)15(18)17-12(3)13-9-7-5-6-8-10-13/h11-14H,4-10,16H2,1-3H3,(H,17,18)/t11-,12-,14-/m0/s1. The molecule has 1 rings (SSSR count). The zero-order valence-corrected chi connectivity index (χ0v) is 12.2. The van der Waals surface area contributed by atoms with Crippen molar-refractivity contribution < 1.29 is 4.79 Å². The summed E-state index contributed by atoms with van der Waals surface area (Å²) in [5.41, 5.74) is 5.97. The number of hydrogen-bond acceptors (Lipinski definition) is 2. The highest BCUT2D eigenvalue weighted by atomic mass is 16.2. The third kappa shape index (κ3) is 4.60. The normalized spacial score (nSPS) is 22.9. The minimum absolute atomic E-state index is 0.0288. The van der Waals surface area contributed by atoms with E-state index in [1.165, 1.54) is 38.5 Å². The molecule has 3 heteroatoms. The van der Waals surface area contributed by atoms with Crippen molar-refractivity contribution in [1.82, 2.24) is 5.32 Å². The van der Waals surface area contributed by atoms with Crippen molar-refractivity contribution in [3.63, 3.8) is 0 Å². The third-order valence-corrected chi connectivity index (χ3v) is 4.54. The molecule has 0 radical (unpaired) electrons. The third-order valence-electron chi connectivity index (χ3n) is 4.54. The lowest BCUT2D eigenvalue weighted by atomic mass is 9.92. The Bertz CT molecular complexity index is 247. The summed E-state index contributed by atoms with van der Waals surface area (Å²) in [4.78, 5) is 12.0. The van der Waals surface area contributed by atoms with Gasteiger partial charge in [0.25, 0.3) is 0 Å². The van der Waals surface area contributed by atoms with E-state index >= 15 is 0 Å². The molecule has 106 valence electrons. The van der Waals surface area contributed by atoms with Crippen LogP contribution in [-0.2, 0) is 4.79 Å². The zero-order chi connectivity index (χ0) is 13.5. The van der Waals surface area contributed by atoms with Gasteiger partial charge in [-0.1, -0.05) is 46.0 Å². The summed E-state index contributed by atoms with van der Waals surface area (Å²) in [5.74, 6) is 0.924. The summed E-state index contributed by atoms with van der Waals surface area (Å²) >= 11 is 0. The van der Waals surface area contributed by atoms with E-state index in [2.05, 4.69) is 19.2 Å². The Labute approximate surface area is 112 Å². The number of carbonyl (C=O) groups excluding carboxylic acids is 1. The van der Waals surface area contributed by atoms with Crippen LogP contribution in [0.2, 0.25) is 0 Å². The average Bonchev–Trinajstić information content (AvgIpc) is 2.65. The van der Waals surface area contributed by atoms with Crippen LogP contribution in [0.4, 0.5) is 0 Å². The van der Waals surface area contributed by atoms with Crippen LogP contribution in [0, 0.1) is 11.8 Å². The van der Waals surface area contributed by atoms with Crippen molar-refractivity contribution in [2.75, 3.05) is 0 Å². The second kappa shape index (κ2) is 7.78. The maximum atomic E-state index is 12.0. The lowest BCUT2D eigenvalue weighted by Gasteiger charge is -2.26. The first-order chi connectivity index (χ1) is 8.56. The second-order valence-electron chi connectivity index (χ2n) is 5.96. The summed E-state index contributed by atoms with van der Waals surface area (Å²) in [5, 5.41) is 3.13. The number of amides is 1. The van der Waals surface area contributed by atoms with E-state index in [1.807, 2.05) is 6.92 Å². The van der Waals surface area contributed by atoms with Crippen LogP contribution in [0.25, 0.3) is 0 Å². The van der Waals surface area contributed by atoms with Gasteiger partial charge >= 0.3 is 0 Å². The summed E-state index contributed by atoms with van der Waals surface area (Å²) < 4.78 is 0. The molecule has 0 heterocycles. The molecule has 1 fully saturated rings. The highest BCUT2D eigenvalue weighted by molar-refractivity contribution is 5.82. The molecule has 3 nitrogen and oxygen atoms in total. The van der Waals surface area contributed by atoms with Crippen molar-refractivity contribution in [3.8, 4) is 0 Å². The summed E-state index contributed by atoms with van der Waals surface area (Å²) in [7, 11) is 0. The van der Waals surface area contributed by atoms with Gasteiger partial charge in [-0.3, -0.25) is 4.79 Å². The lowest BCUT2D eigenvalue weighted by molar-refractivity contribution is -0.124. The number of rotatable bonds is 5. The van der Waals surface area contributed by atoms with Gasteiger partial charge in [0, 0.05) is 6.04 Å². The minimum Gasteiger partial charge on any atom is -0.352 e. The average molecular weight is 254 g/mol. The quantitative estimate of drug-likeness (QED) is 0.741. The van der Waals surface area contributed by atoms with Crippen LogP contribution in [0.5, 0.6) is 0 Å². The number of nitrogens with one attached hydrogen (secondary N) is 1. The van der Waals surface area contributed by atoms with Gasteiger partial charge in [-0.15, -0.1) is 0 Å². The summed E-state index contributed by atoms with van der Waals surface area (Å²) in [6, 6.07) is -0.0889. The van der Waals surface area contributed by atoms with Crippen molar-refractivity contribution >= 4 is 5.91 Å². The predicted molar refractivity (Wildman–Crippen MR) is 76.2 cm³/mol. The van der Waals surface area contributed by atoms with Crippen LogP contribution in [-0.4, -0.2) is 18.0 Å². The Balaban J connectivity index is 2.42. The second-order valence-corrected chi connectivity index (χ2v) is 5.96. The van der Waals surface area contributed by atoms with Gasteiger partial charge in [0.05, 0.1) is 6.04 Å². The van der Waals surface area contributed by atoms with Gasteiger partial charge in [-0.25, -0.2) is 0 Å². The van der Waals surface area contributed by atoms with Gasteiger partial charge in [-0.05, 0) is 31.6 Å². The lowest BCUT2D eigenvalue weighted by Crippen LogP contribution is -2.49. The fraction of sp³-hybridized carbons (Fsp3) is 0.933. The maximum Gasteiger partial charge on any atom is 0.237 e. The fourth-order valence-corrected chi connectivity index (χ4v) is 2.76. The van der Waals surface area contributed by atoms with Crippen molar-refractivity contribution in [1.29, 1.82) is 0 Å². The molecule has 1 amide bonds. The minimum atomic E-state index is -0.358. The molecule has 1 aliphatic rings. The first-order valence-corrected chi connectivity index (χ1v) is 7.62. The van der Waals surface area contributed by atoms with E-state index < -0.39 is 0 Å². The Morgan fingerprint density at radius 1 is 1.22 bits per heavy atom. The molecule has 0 aromatic heterocycles. The molecule has 0 aliphatic heterocycles. The molecule has 1 saturated carbocycles. The molecule has 0 aromatic rings. The van der Waals surface area contributed by atoms with Crippen LogP contribution < -0.4 is 11.1 Å². The van der Waals surface area contributed by atoms with E-state index in [1.54, 1.807) is 0 Å². The molecule has 0 saturated heterocycles. The first-order valence-electron chi connectivity index (χ1n) is 7.62. The van der Waals surface area contributed by atoms with Crippen molar-refractivity contribution in [3.05, 3.63) is 0 Å². The van der Waals surface area contributed by atoms with Crippen LogP contribution in [0.15, 0.2) is 0 Å². The SMILES string of the molecule is CC[C@H](C)[C@H](N)C(=O)N[C@@H](C)C1CCCCCC1. The topological polar surface area (TPSA) is 55.1 Å². The maximum absolute atomic E-state index is 12.0. The van der Waals surface area contributed by atoms with Crippen LogP contribution >= 0.6 is 0 Å². The van der Waals surface area contributed by atoms with Crippen LogP contribution in [0.1, 0.15) is 65.7 Å². The molecule has 0 spiro atoms. The summed E-state index contributed by atoms with van der Waals surface area (Å²) in [6.07, 6.45) is 8.77. The van der Waals surface area contributed by atoms with E-state index in [0.717, 1.165) is 6.42 Å². The molecular weight excluding hydrogens is 224 g/mol. The van der Waals surface area contributed by atoms with E-state index in [9.17, 15) is 4.79 Å².